The van der Waals surface area contributed by atoms with E-state index >= 15 is 0 Å². The van der Waals surface area contributed by atoms with Crippen molar-refractivity contribution in [2.24, 2.45) is 0 Å². The largest absolute Gasteiger partial charge is 0.406 e. The first kappa shape index (κ1) is 14.3. The molecule has 0 bridgehead atoms. The Balaban J connectivity index is 2.19. The van der Waals surface area contributed by atoms with Crippen LogP contribution in [0.2, 0.25) is 0 Å². The Labute approximate surface area is 113 Å². The zero-order valence-electron chi connectivity index (χ0n) is 10.9. The molecule has 1 aromatic heterocycles. The van der Waals surface area contributed by atoms with Crippen molar-refractivity contribution in [1.29, 1.82) is 0 Å². The lowest BCUT2D eigenvalue weighted by Crippen LogP contribution is -2.17. The topological polar surface area (TPSA) is 63.0 Å². The highest BCUT2D eigenvalue weighted by molar-refractivity contribution is 5.53. The van der Waals surface area contributed by atoms with Crippen LogP contribution in [-0.2, 0) is 0 Å². The van der Waals surface area contributed by atoms with Crippen molar-refractivity contribution in [3.63, 3.8) is 0 Å². The van der Waals surface area contributed by atoms with Gasteiger partial charge in [-0.25, -0.2) is 13.2 Å². The molecule has 0 saturated heterocycles. The molecular formula is C12H13F3N4O. The molecule has 20 heavy (non-hydrogen) atoms. The molecule has 5 nitrogen and oxygen atoms in total. The minimum absolute atomic E-state index is 0.172. The van der Waals surface area contributed by atoms with E-state index in [0.29, 0.717) is 18.7 Å². The van der Waals surface area contributed by atoms with Crippen LogP contribution < -0.4 is 10.6 Å². The molecule has 0 spiro atoms. The van der Waals surface area contributed by atoms with E-state index in [0.717, 1.165) is 0 Å². The maximum Gasteiger partial charge on any atom is 0.320 e. The molecule has 2 N–H and O–H groups in total. The maximum absolute atomic E-state index is 13.4. The first-order chi connectivity index (χ1) is 9.51. The van der Waals surface area contributed by atoms with Gasteiger partial charge in [-0.1, -0.05) is 12.0 Å². The molecular weight excluding hydrogens is 273 g/mol. The first-order valence-corrected chi connectivity index (χ1v) is 5.99. The zero-order chi connectivity index (χ0) is 14.7. The fourth-order valence-corrected chi connectivity index (χ4v) is 1.62. The lowest BCUT2D eigenvalue weighted by Gasteiger charge is -2.06. The number of nitrogens with zero attached hydrogens (tertiary/aromatic N) is 2. The van der Waals surface area contributed by atoms with Crippen molar-refractivity contribution in [1.82, 2.24) is 15.5 Å². The standard InChI is InChI=1S/C12H13F3N4O/c1-3-16-6(2)11-18-19-12(20-11)17-10-8(14)4-7(13)5-9(10)15/h4-6,16H,3H2,1-2H3,(H,17,19). The van der Waals surface area contributed by atoms with Gasteiger partial charge >= 0.3 is 6.01 Å². The van der Waals surface area contributed by atoms with Crippen molar-refractivity contribution in [3.8, 4) is 0 Å². The molecule has 0 saturated carbocycles. The molecule has 0 amide bonds. The van der Waals surface area contributed by atoms with Gasteiger partial charge in [0, 0.05) is 12.1 Å². The molecule has 1 aromatic carbocycles. The number of hydrogen-bond donors (Lipinski definition) is 2. The van der Waals surface area contributed by atoms with Crippen molar-refractivity contribution in [2.75, 3.05) is 11.9 Å². The molecule has 0 aliphatic rings. The van der Waals surface area contributed by atoms with Gasteiger partial charge < -0.3 is 15.1 Å². The van der Waals surface area contributed by atoms with Gasteiger partial charge in [0.05, 0.1) is 6.04 Å². The van der Waals surface area contributed by atoms with E-state index in [1.807, 2.05) is 6.92 Å². The summed E-state index contributed by atoms with van der Waals surface area (Å²) in [7, 11) is 0. The molecule has 0 aliphatic carbocycles. The lowest BCUT2D eigenvalue weighted by molar-refractivity contribution is 0.430. The summed E-state index contributed by atoms with van der Waals surface area (Å²) in [4.78, 5) is 0. The number of nitrogens with one attached hydrogen (secondary N) is 2. The molecule has 2 aromatic rings. The summed E-state index contributed by atoms with van der Waals surface area (Å²) in [5.74, 6) is -2.89. The monoisotopic (exact) mass is 286 g/mol. The summed E-state index contributed by atoms with van der Waals surface area (Å²) in [6.07, 6.45) is 0. The molecule has 108 valence electrons. The fourth-order valence-electron chi connectivity index (χ4n) is 1.62. The second-order valence-electron chi connectivity index (χ2n) is 4.09. The summed E-state index contributed by atoms with van der Waals surface area (Å²) in [5.41, 5.74) is -0.544. The summed E-state index contributed by atoms with van der Waals surface area (Å²) >= 11 is 0. The van der Waals surface area contributed by atoms with Crippen LogP contribution >= 0.6 is 0 Å². The van der Waals surface area contributed by atoms with Crippen LogP contribution in [0, 0.1) is 17.5 Å². The average Bonchev–Trinajstić information content (AvgIpc) is 2.82. The maximum atomic E-state index is 13.4. The highest BCUT2D eigenvalue weighted by Gasteiger charge is 2.16. The highest BCUT2D eigenvalue weighted by atomic mass is 19.1. The quantitative estimate of drug-likeness (QED) is 0.885. The average molecular weight is 286 g/mol. The van der Waals surface area contributed by atoms with Crippen molar-refractivity contribution < 1.29 is 17.6 Å². The second-order valence-corrected chi connectivity index (χ2v) is 4.09. The minimum Gasteiger partial charge on any atom is -0.406 e. The molecule has 1 unspecified atom stereocenters. The van der Waals surface area contributed by atoms with E-state index in [1.165, 1.54) is 0 Å². The first-order valence-electron chi connectivity index (χ1n) is 5.99. The Bertz CT molecular complexity index is 579. The van der Waals surface area contributed by atoms with E-state index in [4.69, 9.17) is 4.42 Å². The Morgan fingerprint density at radius 2 is 1.85 bits per heavy atom. The normalized spacial score (nSPS) is 12.4. The van der Waals surface area contributed by atoms with Crippen LogP contribution in [0.5, 0.6) is 0 Å². The van der Waals surface area contributed by atoms with Crippen LogP contribution in [0.25, 0.3) is 0 Å². The third kappa shape index (κ3) is 3.08. The number of halogens is 3. The van der Waals surface area contributed by atoms with Gasteiger partial charge in [0.1, 0.15) is 11.5 Å². The highest BCUT2D eigenvalue weighted by Crippen LogP contribution is 2.24. The van der Waals surface area contributed by atoms with Crippen LogP contribution in [0.4, 0.5) is 24.9 Å². The lowest BCUT2D eigenvalue weighted by atomic mass is 10.3. The summed E-state index contributed by atoms with van der Waals surface area (Å²) in [6.45, 7) is 4.42. The molecule has 2 rings (SSSR count). The molecule has 8 heteroatoms. The molecule has 0 radical (unpaired) electrons. The van der Waals surface area contributed by atoms with Gasteiger partial charge in [-0.05, 0) is 13.5 Å². The van der Waals surface area contributed by atoms with Crippen molar-refractivity contribution in [2.45, 2.75) is 19.9 Å². The smallest absolute Gasteiger partial charge is 0.320 e. The van der Waals surface area contributed by atoms with Gasteiger partial charge in [0.25, 0.3) is 0 Å². The number of aromatic nitrogens is 2. The Morgan fingerprint density at radius 1 is 1.20 bits per heavy atom. The van der Waals surface area contributed by atoms with Gasteiger partial charge in [-0.2, -0.15) is 0 Å². The van der Waals surface area contributed by atoms with Crippen LogP contribution in [0.15, 0.2) is 16.5 Å². The van der Waals surface area contributed by atoms with E-state index in [-0.39, 0.29) is 17.9 Å². The molecule has 1 atom stereocenters. The van der Waals surface area contributed by atoms with Gasteiger partial charge in [-0.15, -0.1) is 5.10 Å². The van der Waals surface area contributed by atoms with Gasteiger partial charge in [0.2, 0.25) is 5.89 Å². The molecule has 1 heterocycles. The Hall–Kier alpha value is -2.09. The predicted octanol–water partition coefficient (Wildman–Crippen LogP) is 2.90. The van der Waals surface area contributed by atoms with Gasteiger partial charge in [0.15, 0.2) is 11.6 Å². The van der Waals surface area contributed by atoms with Crippen LogP contribution in [0.3, 0.4) is 0 Å². The minimum atomic E-state index is -1.08. The van der Waals surface area contributed by atoms with Crippen LogP contribution in [0.1, 0.15) is 25.8 Å². The molecule has 0 fully saturated rings. The fraction of sp³-hybridized carbons (Fsp3) is 0.333. The van der Waals surface area contributed by atoms with Crippen molar-refractivity contribution in [3.05, 3.63) is 35.5 Å². The van der Waals surface area contributed by atoms with Crippen molar-refractivity contribution >= 4 is 11.7 Å². The predicted molar refractivity (Wildman–Crippen MR) is 66.0 cm³/mol. The summed E-state index contributed by atoms with van der Waals surface area (Å²) in [6, 6.07) is 0.758. The number of rotatable bonds is 5. The number of benzene rings is 1. The third-order valence-corrected chi connectivity index (χ3v) is 2.56. The van der Waals surface area contributed by atoms with E-state index in [9.17, 15) is 13.2 Å². The summed E-state index contributed by atoms with van der Waals surface area (Å²) < 4.78 is 44.9. The zero-order valence-corrected chi connectivity index (χ0v) is 10.9. The van der Waals surface area contributed by atoms with E-state index in [2.05, 4.69) is 20.8 Å². The van der Waals surface area contributed by atoms with Gasteiger partial charge in [-0.3, -0.25) is 0 Å². The second kappa shape index (κ2) is 5.91. The molecule has 0 aliphatic heterocycles. The number of hydrogen-bond acceptors (Lipinski definition) is 5. The van der Waals surface area contributed by atoms with Crippen LogP contribution in [-0.4, -0.2) is 16.7 Å². The number of anilines is 2. The summed E-state index contributed by atoms with van der Waals surface area (Å²) in [5, 5.41) is 12.7. The van der Waals surface area contributed by atoms with E-state index in [1.54, 1.807) is 6.92 Å². The third-order valence-electron chi connectivity index (χ3n) is 2.56. The Morgan fingerprint density at radius 3 is 2.45 bits per heavy atom. The SMILES string of the molecule is CCNC(C)c1nnc(Nc2c(F)cc(F)cc2F)o1. The Kier molecular flexibility index (Phi) is 4.23. The van der Waals surface area contributed by atoms with E-state index < -0.39 is 23.1 Å².